The van der Waals surface area contributed by atoms with Crippen LogP contribution in [0, 0.1) is 5.92 Å². The van der Waals surface area contributed by atoms with Gasteiger partial charge in [0.1, 0.15) is 13.2 Å². The van der Waals surface area contributed by atoms with Gasteiger partial charge in [0.25, 0.3) is 0 Å². The molecule has 238 valence electrons. The molecule has 2 rings (SSSR count). The van der Waals surface area contributed by atoms with Gasteiger partial charge in [0.2, 0.25) is 11.8 Å². The minimum Gasteiger partial charge on any atom is -0.463 e. The Labute approximate surface area is 255 Å². The number of benzene rings is 1. The highest BCUT2D eigenvalue weighted by molar-refractivity contribution is 5.86. The zero-order valence-corrected chi connectivity index (χ0v) is 25.3. The van der Waals surface area contributed by atoms with E-state index < -0.39 is 18.1 Å². The van der Waals surface area contributed by atoms with E-state index in [1.165, 1.54) is 0 Å². The van der Waals surface area contributed by atoms with Gasteiger partial charge in [-0.05, 0) is 63.4 Å². The Morgan fingerprint density at radius 3 is 2.56 bits per heavy atom. The molecule has 1 aliphatic rings. The van der Waals surface area contributed by atoms with Crippen LogP contribution < -0.4 is 10.6 Å². The summed E-state index contributed by atoms with van der Waals surface area (Å²) in [6.07, 6.45) is 9.31. The molecular weight excluding hydrogens is 550 g/mol. The summed E-state index contributed by atoms with van der Waals surface area (Å²) >= 11 is 0. The summed E-state index contributed by atoms with van der Waals surface area (Å²) in [5.74, 6) is -1.41. The van der Waals surface area contributed by atoms with Gasteiger partial charge >= 0.3 is 12.1 Å². The number of carbonyl (C=O) groups is 4. The molecule has 1 saturated heterocycles. The molecule has 3 atom stereocenters. The van der Waals surface area contributed by atoms with E-state index in [0.29, 0.717) is 51.6 Å². The minimum absolute atomic E-state index is 0.0131. The summed E-state index contributed by atoms with van der Waals surface area (Å²) in [6, 6.07) is 8.75. The maximum Gasteiger partial charge on any atom is 0.407 e. The van der Waals surface area contributed by atoms with E-state index in [1.807, 2.05) is 36.4 Å². The van der Waals surface area contributed by atoms with Crippen molar-refractivity contribution in [2.45, 2.75) is 89.3 Å². The molecule has 3 amide bonds. The summed E-state index contributed by atoms with van der Waals surface area (Å²) in [5.41, 5.74) is 0.900. The topological polar surface area (TPSA) is 134 Å². The molecule has 0 saturated carbocycles. The fourth-order valence-electron chi connectivity index (χ4n) is 4.99. The van der Waals surface area contributed by atoms with E-state index in [9.17, 15) is 24.3 Å². The van der Waals surface area contributed by atoms with E-state index in [0.717, 1.165) is 31.2 Å². The average Bonchev–Trinajstić information content (AvgIpc) is 3.50. The number of rotatable bonds is 21. The van der Waals surface area contributed by atoms with Crippen molar-refractivity contribution in [3.05, 3.63) is 61.2 Å². The van der Waals surface area contributed by atoms with Gasteiger partial charge < -0.3 is 30.1 Å². The number of likely N-dealkylation sites (tertiary alicyclic amines) is 1. The second-order valence-corrected chi connectivity index (χ2v) is 10.9. The van der Waals surface area contributed by atoms with Crippen LogP contribution in [0.5, 0.6) is 0 Å². The number of hydrogen-bond donors (Lipinski definition) is 3. The van der Waals surface area contributed by atoms with Gasteiger partial charge in [-0.1, -0.05) is 42.5 Å². The number of amides is 3. The van der Waals surface area contributed by atoms with Crippen molar-refractivity contribution in [1.82, 2.24) is 15.5 Å². The van der Waals surface area contributed by atoms with Crippen LogP contribution in [0.4, 0.5) is 4.79 Å². The quantitative estimate of drug-likeness (QED) is 0.108. The predicted molar refractivity (Wildman–Crippen MR) is 165 cm³/mol. The Hall–Kier alpha value is -3.66. The first-order chi connectivity index (χ1) is 20.9. The van der Waals surface area contributed by atoms with Crippen molar-refractivity contribution in [3.8, 4) is 0 Å². The van der Waals surface area contributed by atoms with Gasteiger partial charge in [0.05, 0.1) is 24.6 Å². The molecule has 1 aromatic carbocycles. The van der Waals surface area contributed by atoms with Gasteiger partial charge in [-0.25, -0.2) is 4.79 Å². The van der Waals surface area contributed by atoms with Gasteiger partial charge in [0, 0.05) is 25.9 Å². The molecule has 0 aliphatic carbocycles. The number of ether oxygens (including phenoxy) is 2. The summed E-state index contributed by atoms with van der Waals surface area (Å²) in [6.45, 7) is 8.52. The SMILES string of the molecule is C=CCCCCC(=O)OC[C@H](CCCCNC(=O)OCc1ccccc1)NC(=O)[C@@H](CC=C)CC(=O)N1CCC[C@H]1CO. The molecule has 1 aromatic rings. The van der Waals surface area contributed by atoms with E-state index in [-0.39, 0.29) is 50.1 Å². The number of aliphatic hydroxyl groups excluding tert-OH is 1. The molecule has 10 heteroatoms. The molecule has 3 N–H and O–H groups in total. The lowest BCUT2D eigenvalue weighted by atomic mass is 9.98. The number of alkyl carbamates (subject to hydrolysis) is 1. The number of unbranched alkanes of at least 4 members (excludes halogenated alkanes) is 3. The first-order valence-corrected chi connectivity index (χ1v) is 15.4. The fraction of sp³-hybridized carbons (Fsp3) is 0.576. The molecule has 0 radical (unpaired) electrons. The molecule has 0 unspecified atom stereocenters. The zero-order valence-electron chi connectivity index (χ0n) is 25.3. The van der Waals surface area contributed by atoms with E-state index in [2.05, 4.69) is 23.8 Å². The van der Waals surface area contributed by atoms with E-state index in [4.69, 9.17) is 9.47 Å². The molecule has 1 aliphatic heterocycles. The predicted octanol–water partition coefficient (Wildman–Crippen LogP) is 4.42. The molecular formula is C33H49N3O7. The van der Waals surface area contributed by atoms with Crippen molar-refractivity contribution in [1.29, 1.82) is 0 Å². The van der Waals surface area contributed by atoms with Crippen LogP contribution in [0.2, 0.25) is 0 Å². The lowest BCUT2D eigenvalue weighted by Gasteiger charge is -2.26. The average molecular weight is 600 g/mol. The number of allylic oxidation sites excluding steroid dienone is 2. The van der Waals surface area contributed by atoms with Gasteiger partial charge in [-0.15, -0.1) is 13.2 Å². The summed E-state index contributed by atoms with van der Waals surface area (Å²) in [7, 11) is 0. The van der Waals surface area contributed by atoms with E-state index in [1.54, 1.807) is 11.0 Å². The van der Waals surface area contributed by atoms with Crippen molar-refractivity contribution in [2.24, 2.45) is 5.92 Å². The van der Waals surface area contributed by atoms with Crippen LogP contribution in [0.15, 0.2) is 55.6 Å². The molecule has 0 spiro atoms. The largest absolute Gasteiger partial charge is 0.463 e. The molecule has 0 aromatic heterocycles. The number of aliphatic hydroxyl groups is 1. The van der Waals surface area contributed by atoms with Gasteiger partial charge in [0.15, 0.2) is 0 Å². The molecule has 1 heterocycles. The Kier molecular flexibility index (Phi) is 17.4. The summed E-state index contributed by atoms with van der Waals surface area (Å²) < 4.78 is 10.7. The molecule has 10 nitrogen and oxygen atoms in total. The smallest absolute Gasteiger partial charge is 0.407 e. The number of carbonyl (C=O) groups excluding carboxylic acids is 4. The van der Waals surface area contributed by atoms with Crippen LogP contribution in [0.3, 0.4) is 0 Å². The van der Waals surface area contributed by atoms with Crippen LogP contribution in [-0.4, -0.2) is 72.3 Å². The van der Waals surface area contributed by atoms with Crippen LogP contribution in [0.1, 0.15) is 76.2 Å². The van der Waals surface area contributed by atoms with Crippen LogP contribution >= 0.6 is 0 Å². The number of esters is 1. The first-order valence-electron chi connectivity index (χ1n) is 15.4. The van der Waals surface area contributed by atoms with Crippen molar-refractivity contribution in [3.63, 3.8) is 0 Å². The minimum atomic E-state index is -0.622. The summed E-state index contributed by atoms with van der Waals surface area (Å²) in [5, 5.41) is 15.3. The lowest BCUT2D eigenvalue weighted by molar-refractivity contribution is -0.145. The standard InChI is InChI=1S/C33H49N3O7/c1-3-5-6-10-19-31(39)42-25-28(17-11-12-20-34-33(41)43-24-26-15-8-7-9-16-26)35-32(40)27(14-4-2)22-30(38)36-21-13-18-29(36)23-37/h3-4,7-9,15-16,27-29,37H,1-2,5-6,10-14,17-25H2,(H,34,41)(H,35,40)/t27-,28-,29-/m0/s1. The molecule has 1 fully saturated rings. The van der Waals surface area contributed by atoms with E-state index >= 15 is 0 Å². The number of nitrogens with one attached hydrogen (secondary N) is 2. The third-order valence-corrected chi connectivity index (χ3v) is 7.44. The second-order valence-electron chi connectivity index (χ2n) is 10.9. The Bertz CT molecular complexity index is 1020. The Morgan fingerprint density at radius 2 is 1.84 bits per heavy atom. The maximum absolute atomic E-state index is 13.3. The zero-order chi connectivity index (χ0) is 31.3. The van der Waals surface area contributed by atoms with Crippen LogP contribution in [0.25, 0.3) is 0 Å². The van der Waals surface area contributed by atoms with Crippen LogP contribution in [-0.2, 0) is 30.5 Å². The normalized spacial score (nSPS) is 15.7. The molecule has 0 bridgehead atoms. The number of nitrogens with zero attached hydrogens (tertiary/aromatic N) is 1. The maximum atomic E-state index is 13.3. The Balaban J connectivity index is 1.87. The second kappa shape index (κ2) is 21.1. The van der Waals surface area contributed by atoms with Gasteiger partial charge in [-0.3, -0.25) is 14.4 Å². The van der Waals surface area contributed by atoms with Crippen molar-refractivity contribution in [2.75, 3.05) is 26.3 Å². The highest BCUT2D eigenvalue weighted by Gasteiger charge is 2.31. The van der Waals surface area contributed by atoms with Gasteiger partial charge in [-0.2, -0.15) is 0 Å². The lowest BCUT2D eigenvalue weighted by Crippen LogP contribution is -2.44. The third-order valence-electron chi connectivity index (χ3n) is 7.44. The molecule has 43 heavy (non-hydrogen) atoms. The third kappa shape index (κ3) is 14.4. The number of hydrogen-bond acceptors (Lipinski definition) is 7. The summed E-state index contributed by atoms with van der Waals surface area (Å²) in [4.78, 5) is 52.2. The van der Waals surface area contributed by atoms with Crippen molar-refractivity contribution >= 4 is 23.9 Å². The Morgan fingerprint density at radius 1 is 1.05 bits per heavy atom. The highest BCUT2D eigenvalue weighted by Crippen LogP contribution is 2.21. The monoisotopic (exact) mass is 599 g/mol. The highest BCUT2D eigenvalue weighted by atomic mass is 16.5. The fourth-order valence-corrected chi connectivity index (χ4v) is 4.99. The first kappa shape index (κ1) is 35.5. The van der Waals surface area contributed by atoms with Crippen molar-refractivity contribution < 1.29 is 33.8 Å².